The van der Waals surface area contributed by atoms with Crippen molar-refractivity contribution in [1.82, 2.24) is 15.0 Å². The highest BCUT2D eigenvalue weighted by molar-refractivity contribution is 5.63. The maximum Gasteiger partial charge on any atom is 0.225 e. The van der Waals surface area contributed by atoms with Crippen molar-refractivity contribution in [3.63, 3.8) is 0 Å². The number of halogens is 1. The molecule has 0 atom stereocenters. The Hall–Kier alpha value is -3.06. The van der Waals surface area contributed by atoms with Gasteiger partial charge >= 0.3 is 0 Å². The Kier molecular flexibility index (Phi) is 6.05. The van der Waals surface area contributed by atoms with Crippen LogP contribution in [-0.2, 0) is 6.54 Å². The molecule has 134 valence electrons. The van der Waals surface area contributed by atoms with E-state index in [0.717, 1.165) is 16.8 Å². The second kappa shape index (κ2) is 8.87. The SMILES string of the molecule is OCCCNc1nc(NCc2cccc(F)c2)cc(-c2cccnc2)n1. The minimum atomic E-state index is -0.269. The summed E-state index contributed by atoms with van der Waals surface area (Å²) < 4.78 is 13.3. The van der Waals surface area contributed by atoms with E-state index in [1.54, 1.807) is 18.5 Å². The highest BCUT2D eigenvalue weighted by Gasteiger charge is 2.07. The largest absolute Gasteiger partial charge is 0.396 e. The summed E-state index contributed by atoms with van der Waals surface area (Å²) in [6.45, 7) is 1.10. The molecule has 0 unspecified atom stereocenters. The maximum atomic E-state index is 13.3. The zero-order valence-corrected chi connectivity index (χ0v) is 14.2. The fraction of sp³-hybridized carbons (Fsp3) is 0.211. The Morgan fingerprint density at radius 2 is 1.96 bits per heavy atom. The van der Waals surface area contributed by atoms with Crippen LogP contribution in [0.15, 0.2) is 54.9 Å². The normalized spacial score (nSPS) is 10.5. The molecule has 6 nitrogen and oxygen atoms in total. The first-order valence-electron chi connectivity index (χ1n) is 8.37. The molecule has 26 heavy (non-hydrogen) atoms. The zero-order valence-electron chi connectivity index (χ0n) is 14.2. The summed E-state index contributed by atoms with van der Waals surface area (Å²) >= 11 is 0. The van der Waals surface area contributed by atoms with Crippen molar-refractivity contribution in [3.05, 3.63) is 66.2 Å². The fourth-order valence-corrected chi connectivity index (χ4v) is 2.40. The number of nitrogens with one attached hydrogen (secondary N) is 2. The molecule has 3 rings (SSSR count). The van der Waals surface area contributed by atoms with Crippen LogP contribution >= 0.6 is 0 Å². The number of rotatable bonds is 8. The van der Waals surface area contributed by atoms with Crippen LogP contribution in [0.2, 0.25) is 0 Å². The van der Waals surface area contributed by atoms with Crippen LogP contribution in [0.5, 0.6) is 0 Å². The number of aromatic nitrogens is 3. The molecule has 0 aliphatic rings. The van der Waals surface area contributed by atoms with Crippen LogP contribution in [0.3, 0.4) is 0 Å². The van der Waals surface area contributed by atoms with Crippen molar-refractivity contribution in [1.29, 1.82) is 0 Å². The Balaban J connectivity index is 1.81. The predicted molar refractivity (Wildman–Crippen MR) is 99.2 cm³/mol. The molecule has 0 saturated heterocycles. The van der Waals surface area contributed by atoms with Crippen LogP contribution in [0, 0.1) is 5.82 Å². The van der Waals surface area contributed by atoms with Gasteiger partial charge in [0.05, 0.1) is 5.69 Å². The van der Waals surface area contributed by atoms with Crippen LogP contribution < -0.4 is 10.6 Å². The van der Waals surface area contributed by atoms with Crippen molar-refractivity contribution >= 4 is 11.8 Å². The van der Waals surface area contributed by atoms with Crippen LogP contribution in [0.25, 0.3) is 11.3 Å². The van der Waals surface area contributed by atoms with Gasteiger partial charge in [-0.1, -0.05) is 12.1 Å². The molecule has 3 N–H and O–H groups in total. The van der Waals surface area contributed by atoms with Gasteiger partial charge in [-0.2, -0.15) is 4.98 Å². The van der Waals surface area contributed by atoms with Crippen molar-refractivity contribution in [2.75, 3.05) is 23.8 Å². The van der Waals surface area contributed by atoms with Gasteiger partial charge in [0.2, 0.25) is 5.95 Å². The molecular weight excluding hydrogens is 333 g/mol. The monoisotopic (exact) mass is 353 g/mol. The number of aliphatic hydroxyl groups is 1. The Labute approximate surface area is 151 Å². The molecule has 0 bridgehead atoms. The third-order valence-corrected chi connectivity index (χ3v) is 3.66. The van der Waals surface area contributed by atoms with Gasteiger partial charge in [-0.25, -0.2) is 9.37 Å². The third-order valence-electron chi connectivity index (χ3n) is 3.66. The first kappa shape index (κ1) is 17.8. The van der Waals surface area contributed by atoms with Crippen molar-refractivity contribution in [2.45, 2.75) is 13.0 Å². The molecule has 0 aliphatic carbocycles. The summed E-state index contributed by atoms with van der Waals surface area (Å²) in [7, 11) is 0. The van der Waals surface area contributed by atoms with E-state index in [1.165, 1.54) is 12.1 Å². The first-order valence-corrected chi connectivity index (χ1v) is 8.37. The van der Waals surface area contributed by atoms with E-state index in [2.05, 4.69) is 25.6 Å². The second-order valence-corrected chi connectivity index (χ2v) is 5.69. The number of hydrogen-bond acceptors (Lipinski definition) is 6. The predicted octanol–water partition coefficient (Wildman–Crippen LogP) is 3.08. The fourth-order valence-electron chi connectivity index (χ4n) is 2.40. The maximum absolute atomic E-state index is 13.3. The highest BCUT2D eigenvalue weighted by atomic mass is 19.1. The zero-order chi connectivity index (χ0) is 18.2. The van der Waals surface area contributed by atoms with E-state index in [9.17, 15) is 4.39 Å². The van der Waals surface area contributed by atoms with Crippen molar-refractivity contribution < 1.29 is 9.50 Å². The molecule has 0 aliphatic heterocycles. The molecule has 0 radical (unpaired) electrons. The first-order chi connectivity index (χ1) is 12.7. The molecule has 0 saturated carbocycles. The lowest BCUT2D eigenvalue weighted by Gasteiger charge is -2.11. The van der Waals surface area contributed by atoms with Gasteiger partial charge in [0.15, 0.2) is 0 Å². The van der Waals surface area contributed by atoms with Gasteiger partial charge in [0.25, 0.3) is 0 Å². The van der Waals surface area contributed by atoms with Crippen molar-refractivity contribution in [2.24, 2.45) is 0 Å². The topological polar surface area (TPSA) is 83.0 Å². The standard InChI is InChI=1S/C19H20FN5O/c20-16-6-1-4-14(10-16)12-23-18-11-17(15-5-2-7-21-13-15)24-19(25-18)22-8-3-9-26/h1-2,4-7,10-11,13,26H,3,8-9,12H2,(H2,22,23,24,25). The molecule has 2 aromatic heterocycles. The van der Waals surface area contributed by atoms with E-state index in [-0.39, 0.29) is 12.4 Å². The molecule has 0 spiro atoms. The van der Waals surface area contributed by atoms with Crippen LogP contribution in [0.1, 0.15) is 12.0 Å². The lowest BCUT2D eigenvalue weighted by Crippen LogP contribution is -2.10. The summed E-state index contributed by atoms with van der Waals surface area (Å²) in [5, 5.41) is 15.2. The van der Waals surface area contributed by atoms with Crippen LogP contribution in [0.4, 0.5) is 16.2 Å². The average molecular weight is 353 g/mol. The summed E-state index contributed by atoms with van der Waals surface area (Å²) in [4.78, 5) is 13.1. The molecular formula is C19H20FN5O. The van der Waals surface area contributed by atoms with Crippen LogP contribution in [-0.4, -0.2) is 33.2 Å². The molecule has 3 aromatic rings. The number of hydrogen-bond donors (Lipinski definition) is 3. The van der Waals surface area contributed by atoms with Gasteiger partial charge in [-0.05, 0) is 36.2 Å². The summed E-state index contributed by atoms with van der Waals surface area (Å²) in [6.07, 6.45) is 4.04. The molecule has 0 fully saturated rings. The lowest BCUT2D eigenvalue weighted by molar-refractivity contribution is 0.292. The van der Waals surface area contributed by atoms with E-state index >= 15 is 0 Å². The van der Waals surface area contributed by atoms with Gasteiger partial charge in [0, 0.05) is 43.7 Å². The second-order valence-electron chi connectivity index (χ2n) is 5.69. The minimum absolute atomic E-state index is 0.0972. The van der Waals surface area contributed by atoms with Gasteiger partial charge in [0.1, 0.15) is 11.6 Å². The average Bonchev–Trinajstić information content (AvgIpc) is 2.67. The number of aliphatic hydroxyl groups excluding tert-OH is 1. The number of nitrogens with zero attached hydrogens (tertiary/aromatic N) is 3. The number of anilines is 2. The third kappa shape index (κ3) is 4.97. The van der Waals surface area contributed by atoms with Gasteiger partial charge in [-0.15, -0.1) is 0 Å². The van der Waals surface area contributed by atoms with Crippen molar-refractivity contribution in [3.8, 4) is 11.3 Å². The quantitative estimate of drug-likeness (QED) is 0.540. The van der Waals surface area contributed by atoms with E-state index < -0.39 is 0 Å². The molecule has 0 amide bonds. The Morgan fingerprint density at radius 3 is 2.73 bits per heavy atom. The molecule has 7 heteroatoms. The highest BCUT2D eigenvalue weighted by Crippen LogP contribution is 2.21. The summed E-state index contributed by atoms with van der Waals surface area (Å²) in [5.41, 5.74) is 2.41. The Morgan fingerprint density at radius 1 is 1.04 bits per heavy atom. The van der Waals surface area contributed by atoms with E-state index in [1.807, 2.05) is 24.3 Å². The van der Waals surface area contributed by atoms with E-state index in [4.69, 9.17) is 5.11 Å². The van der Waals surface area contributed by atoms with Gasteiger partial charge < -0.3 is 15.7 Å². The molecule has 2 heterocycles. The van der Waals surface area contributed by atoms with Gasteiger partial charge in [-0.3, -0.25) is 4.98 Å². The molecule has 1 aromatic carbocycles. The summed E-state index contributed by atoms with van der Waals surface area (Å²) in [5.74, 6) is 0.811. The number of benzene rings is 1. The lowest BCUT2D eigenvalue weighted by atomic mass is 10.2. The number of pyridine rings is 1. The van der Waals surface area contributed by atoms with E-state index in [0.29, 0.717) is 31.3 Å². The Bertz CT molecular complexity index is 844. The minimum Gasteiger partial charge on any atom is -0.396 e. The summed E-state index contributed by atoms with van der Waals surface area (Å²) in [6, 6.07) is 12.0. The smallest absolute Gasteiger partial charge is 0.225 e.